The van der Waals surface area contributed by atoms with Crippen LogP contribution < -0.4 is 10.1 Å². The Hall–Kier alpha value is -2.82. The molecule has 0 atom stereocenters. The lowest BCUT2D eigenvalue weighted by atomic mass is 10.0. The van der Waals surface area contributed by atoms with Gasteiger partial charge < -0.3 is 15.0 Å². The lowest BCUT2D eigenvalue weighted by Crippen LogP contribution is -2.30. The summed E-state index contributed by atoms with van der Waals surface area (Å²) in [6, 6.07) is 13.7. The average molecular weight is 352 g/mol. The van der Waals surface area contributed by atoms with Crippen molar-refractivity contribution in [3.63, 3.8) is 0 Å². The number of hydrogen-bond donors (Lipinski definition) is 1. The van der Waals surface area contributed by atoms with E-state index in [0.29, 0.717) is 32.5 Å². The van der Waals surface area contributed by atoms with Gasteiger partial charge in [0, 0.05) is 31.1 Å². The van der Waals surface area contributed by atoms with Gasteiger partial charge in [-0.3, -0.25) is 9.59 Å². The first-order valence-corrected chi connectivity index (χ1v) is 8.88. The van der Waals surface area contributed by atoms with E-state index < -0.39 is 0 Å². The fourth-order valence-electron chi connectivity index (χ4n) is 2.99. The average Bonchev–Trinajstić information content (AvgIpc) is 2.84. The number of benzene rings is 2. The molecule has 0 spiro atoms. The fraction of sp³-hybridized carbons (Fsp3) is 0.333. The van der Waals surface area contributed by atoms with Crippen molar-refractivity contribution in [2.75, 3.05) is 18.5 Å². The molecule has 2 aromatic rings. The Morgan fingerprint density at radius 1 is 1.15 bits per heavy atom. The Morgan fingerprint density at radius 2 is 1.92 bits per heavy atom. The highest BCUT2D eigenvalue weighted by atomic mass is 16.5. The van der Waals surface area contributed by atoms with Crippen LogP contribution in [0.25, 0.3) is 0 Å². The van der Waals surface area contributed by atoms with Gasteiger partial charge >= 0.3 is 0 Å². The summed E-state index contributed by atoms with van der Waals surface area (Å²) in [7, 11) is 0. The van der Waals surface area contributed by atoms with E-state index in [0.717, 1.165) is 28.1 Å². The van der Waals surface area contributed by atoms with Gasteiger partial charge in [0.05, 0.1) is 6.54 Å². The molecule has 0 fully saturated rings. The maximum Gasteiger partial charge on any atom is 0.224 e. The van der Waals surface area contributed by atoms with Crippen LogP contribution in [-0.4, -0.2) is 29.9 Å². The smallest absolute Gasteiger partial charge is 0.224 e. The lowest BCUT2D eigenvalue weighted by molar-refractivity contribution is -0.129. The molecule has 2 amide bonds. The number of hydrogen-bond acceptors (Lipinski definition) is 3. The van der Waals surface area contributed by atoms with Crippen molar-refractivity contribution in [1.29, 1.82) is 0 Å². The molecule has 0 saturated carbocycles. The first kappa shape index (κ1) is 18.0. The van der Waals surface area contributed by atoms with Gasteiger partial charge in [-0.2, -0.15) is 0 Å². The molecular weight excluding hydrogens is 328 g/mol. The summed E-state index contributed by atoms with van der Waals surface area (Å²) in [4.78, 5) is 25.6. The summed E-state index contributed by atoms with van der Waals surface area (Å²) in [6.45, 7) is 5.24. The molecule has 0 radical (unpaired) electrons. The van der Waals surface area contributed by atoms with Crippen molar-refractivity contribution in [3.05, 3.63) is 59.2 Å². The summed E-state index contributed by atoms with van der Waals surface area (Å²) in [5.74, 6) is 0.858. The van der Waals surface area contributed by atoms with E-state index in [2.05, 4.69) is 5.32 Å². The van der Waals surface area contributed by atoms with Gasteiger partial charge in [-0.25, -0.2) is 0 Å². The Kier molecular flexibility index (Phi) is 5.56. The summed E-state index contributed by atoms with van der Waals surface area (Å²) in [5, 5.41) is 2.92. The first-order chi connectivity index (χ1) is 12.5. The predicted octanol–water partition coefficient (Wildman–Crippen LogP) is 3.31. The molecule has 0 aromatic heterocycles. The molecule has 1 heterocycles. The van der Waals surface area contributed by atoms with Crippen molar-refractivity contribution < 1.29 is 14.3 Å². The molecule has 2 aromatic carbocycles. The fourth-order valence-corrected chi connectivity index (χ4v) is 2.99. The Bertz CT molecular complexity index is 799. The maximum absolute atomic E-state index is 12.2. The molecule has 1 N–H and O–H groups in total. The van der Waals surface area contributed by atoms with E-state index in [1.165, 1.54) is 0 Å². The second kappa shape index (κ2) is 8.04. The van der Waals surface area contributed by atoms with E-state index in [-0.39, 0.29) is 11.8 Å². The minimum absolute atomic E-state index is 0.00888. The van der Waals surface area contributed by atoms with Crippen LogP contribution in [0.5, 0.6) is 5.75 Å². The number of anilines is 1. The van der Waals surface area contributed by atoms with Crippen LogP contribution in [0.3, 0.4) is 0 Å². The van der Waals surface area contributed by atoms with E-state index in [4.69, 9.17) is 4.74 Å². The summed E-state index contributed by atoms with van der Waals surface area (Å²) < 4.78 is 5.72. The largest absolute Gasteiger partial charge is 0.491 e. The third-order valence-electron chi connectivity index (χ3n) is 4.53. The monoisotopic (exact) mass is 352 g/mol. The van der Waals surface area contributed by atoms with Crippen molar-refractivity contribution in [2.24, 2.45) is 0 Å². The van der Waals surface area contributed by atoms with Crippen LogP contribution in [-0.2, 0) is 22.6 Å². The zero-order valence-electron chi connectivity index (χ0n) is 15.2. The summed E-state index contributed by atoms with van der Waals surface area (Å²) in [5.41, 5.74) is 4.04. The lowest BCUT2D eigenvalue weighted by Gasteiger charge is -2.17. The molecule has 1 aliphatic heterocycles. The van der Waals surface area contributed by atoms with E-state index in [9.17, 15) is 9.59 Å². The van der Waals surface area contributed by atoms with Crippen LogP contribution in [0.2, 0.25) is 0 Å². The van der Waals surface area contributed by atoms with E-state index in [1.54, 1.807) is 11.8 Å². The minimum atomic E-state index is -0.00888. The number of nitrogens with zero attached hydrogens (tertiary/aromatic N) is 1. The number of amides is 2. The Morgan fingerprint density at radius 3 is 2.65 bits per heavy atom. The molecule has 0 aliphatic carbocycles. The normalized spacial score (nSPS) is 13.4. The highest BCUT2D eigenvalue weighted by molar-refractivity contribution is 5.90. The summed E-state index contributed by atoms with van der Waals surface area (Å²) >= 11 is 0. The highest BCUT2D eigenvalue weighted by Gasteiger charge is 2.17. The molecule has 0 saturated heterocycles. The number of ether oxygens (including phenoxy) is 1. The second-order valence-corrected chi connectivity index (χ2v) is 6.65. The topological polar surface area (TPSA) is 58.6 Å². The number of fused-ring (bicyclic) bond motifs is 1. The molecule has 5 heteroatoms. The molecule has 1 aliphatic rings. The first-order valence-electron chi connectivity index (χ1n) is 8.88. The van der Waals surface area contributed by atoms with Crippen molar-refractivity contribution in [2.45, 2.75) is 33.2 Å². The third-order valence-corrected chi connectivity index (χ3v) is 4.53. The zero-order chi connectivity index (χ0) is 18.5. The number of rotatable bonds is 4. The molecular formula is C21H24N2O3. The second-order valence-electron chi connectivity index (χ2n) is 6.65. The number of carbonyl (C=O) groups excluding carboxylic acids is 2. The molecule has 0 unspecified atom stereocenters. The van der Waals surface area contributed by atoms with Crippen LogP contribution in [0.1, 0.15) is 30.0 Å². The summed E-state index contributed by atoms with van der Waals surface area (Å²) in [6.07, 6.45) is 1.05. The molecule has 136 valence electrons. The van der Waals surface area contributed by atoms with Crippen LogP contribution >= 0.6 is 0 Å². The minimum Gasteiger partial charge on any atom is -0.491 e. The van der Waals surface area contributed by atoms with Crippen LogP contribution in [0, 0.1) is 6.92 Å². The predicted molar refractivity (Wildman–Crippen MR) is 101 cm³/mol. The molecule has 5 nitrogen and oxygen atoms in total. The number of nitrogens with one attached hydrogen (secondary N) is 1. The standard InChI is InChI=1S/C21H24N2O3/c1-15-3-7-19(8-4-15)22-21(25)10-6-17-5-9-20-18(13-17)14-23(16(2)24)11-12-26-20/h3-5,7-9,13H,6,10-12,14H2,1-2H3,(H,22,25). The zero-order valence-corrected chi connectivity index (χ0v) is 15.2. The van der Waals surface area contributed by atoms with Crippen molar-refractivity contribution in [1.82, 2.24) is 4.90 Å². The molecule has 26 heavy (non-hydrogen) atoms. The molecule has 3 rings (SSSR count). The highest BCUT2D eigenvalue weighted by Crippen LogP contribution is 2.25. The maximum atomic E-state index is 12.2. The Balaban J connectivity index is 1.61. The van der Waals surface area contributed by atoms with E-state index in [1.807, 2.05) is 49.4 Å². The van der Waals surface area contributed by atoms with E-state index >= 15 is 0 Å². The quantitative estimate of drug-likeness (QED) is 0.918. The number of carbonyl (C=O) groups is 2. The van der Waals surface area contributed by atoms with Crippen LogP contribution in [0.4, 0.5) is 5.69 Å². The van der Waals surface area contributed by atoms with Gasteiger partial charge in [-0.05, 0) is 37.1 Å². The van der Waals surface area contributed by atoms with Crippen molar-refractivity contribution in [3.8, 4) is 5.75 Å². The number of aryl methyl sites for hydroxylation is 2. The van der Waals surface area contributed by atoms with Gasteiger partial charge in [-0.1, -0.05) is 29.8 Å². The molecule has 0 bridgehead atoms. The van der Waals surface area contributed by atoms with Gasteiger partial charge in [0.1, 0.15) is 12.4 Å². The Labute approximate surface area is 154 Å². The van der Waals surface area contributed by atoms with Gasteiger partial charge in [-0.15, -0.1) is 0 Å². The van der Waals surface area contributed by atoms with Crippen LogP contribution in [0.15, 0.2) is 42.5 Å². The van der Waals surface area contributed by atoms with Gasteiger partial charge in [0.15, 0.2) is 0 Å². The SMILES string of the molecule is CC(=O)N1CCOc2ccc(CCC(=O)Nc3ccc(C)cc3)cc2C1. The van der Waals surface area contributed by atoms with Crippen molar-refractivity contribution >= 4 is 17.5 Å². The van der Waals surface area contributed by atoms with Gasteiger partial charge in [0.2, 0.25) is 11.8 Å². The van der Waals surface area contributed by atoms with Gasteiger partial charge in [0.25, 0.3) is 0 Å². The third kappa shape index (κ3) is 4.63.